The van der Waals surface area contributed by atoms with Gasteiger partial charge in [0, 0.05) is 79.1 Å². The van der Waals surface area contributed by atoms with Crippen LogP contribution < -0.4 is 34.7 Å². The van der Waals surface area contributed by atoms with Crippen molar-refractivity contribution >= 4 is 49.9 Å². The second kappa shape index (κ2) is 20.1. The molecule has 0 atom stereocenters. The molecule has 3 aromatic heterocycles. The number of amides is 1. The molecule has 338 valence electrons. The fourth-order valence-corrected chi connectivity index (χ4v) is 9.01. The van der Waals surface area contributed by atoms with E-state index >= 15 is 0 Å². The number of rotatable bonds is 16. The molecule has 8 rings (SSSR count). The molecule has 3 N–H and O–H groups in total. The number of piperidine rings is 1. The Kier molecular flexibility index (Phi) is 13.9. The number of carbonyl (C=O) groups is 1. The molecule has 1 saturated heterocycles. The van der Waals surface area contributed by atoms with Gasteiger partial charge in [-0.1, -0.05) is 17.7 Å². The first-order valence-electron chi connectivity index (χ1n) is 21.7. The predicted molar refractivity (Wildman–Crippen MR) is 250 cm³/mol. The van der Waals surface area contributed by atoms with Gasteiger partial charge in [0.2, 0.25) is 10.0 Å². The number of aromatic amines is 1. The Balaban J connectivity index is 0.787. The van der Waals surface area contributed by atoms with Crippen LogP contribution in [0.25, 0.3) is 22.0 Å². The number of benzene rings is 3. The van der Waals surface area contributed by atoms with E-state index in [2.05, 4.69) is 31.0 Å². The fourth-order valence-electron chi connectivity index (χ4n) is 8.16. The molecule has 2 aliphatic rings. The van der Waals surface area contributed by atoms with Crippen molar-refractivity contribution in [3.8, 4) is 40.2 Å². The number of pyridine rings is 2. The number of hydrogen-bond acceptors (Lipinski definition) is 11. The summed E-state index contributed by atoms with van der Waals surface area (Å²) < 4.78 is 53.7. The third-order valence-corrected chi connectivity index (χ3v) is 13.3. The molecule has 6 aromatic rings. The SMILES string of the molecule is CCS(=O)(=O)Nc1ccc(Oc2cccc(OCCOC3CCN(c4ccc(C(=O)N[C@H]5CC[C@H](Oc6ccc(C#N)c(Cl)c6)CC5)cn4)CC3)c2)c(-c2cn(C)c(=O)c3[nH]ccc23)c1. The van der Waals surface area contributed by atoms with E-state index in [1.807, 2.05) is 30.3 Å². The molecule has 1 saturated carbocycles. The molecule has 0 unspecified atom stereocenters. The maximum Gasteiger partial charge on any atom is 0.274 e. The summed E-state index contributed by atoms with van der Waals surface area (Å²) in [5.41, 5.74) is 2.82. The Hall–Kier alpha value is -6.54. The number of fused-ring (bicyclic) bond motifs is 1. The lowest BCUT2D eigenvalue weighted by Crippen LogP contribution is -2.40. The molecule has 0 bridgehead atoms. The van der Waals surface area contributed by atoms with Crippen molar-refractivity contribution in [2.75, 3.05) is 41.7 Å². The van der Waals surface area contributed by atoms with Gasteiger partial charge < -0.3 is 38.7 Å². The molecule has 0 radical (unpaired) electrons. The monoisotopic (exact) mass is 919 g/mol. The first-order chi connectivity index (χ1) is 31.4. The number of hydrogen-bond donors (Lipinski definition) is 3. The molecular formula is C48H50ClN7O8S. The van der Waals surface area contributed by atoms with E-state index in [0.29, 0.717) is 80.1 Å². The zero-order chi connectivity index (χ0) is 45.5. The van der Waals surface area contributed by atoms with E-state index in [9.17, 15) is 18.0 Å². The number of sulfonamides is 1. The highest BCUT2D eigenvalue weighted by molar-refractivity contribution is 7.92. The van der Waals surface area contributed by atoms with Crippen LogP contribution in [-0.4, -0.2) is 79.2 Å². The molecule has 3 aromatic carbocycles. The third-order valence-electron chi connectivity index (χ3n) is 11.7. The van der Waals surface area contributed by atoms with E-state index in [4.69, 9.17) is 35.8 Å². The summed E-state index contributed by atoms with van der Waals surface area (Å²) in [6.45, 7) is 3.84. The lowest BCUT2D eigenvalue weighted by molar-refractivity contribution is 0.0202. The van der Waals surface area contributed by atoms with Gasteiger partial charge in [-0.15, -0.1) is 0 Å². The fraction of sp³-hybridized carbons (Fsp3) is 0.333. The minimum absolute atomic E-state index is 0.0216. The molecule has 17 heteroatoms. The lowest BCUT2D eigenvalue weighted by atomic mass is 9.92. The highest BCUT2D eigenvalue weighted by atomic mass is 35.5. The van der Waals surface area contributed by atoms with E-state index in [-0.39, 0.29) is 35.5 Å². The normalized spacial score (nSPS) is 16.7. The number of halogens is 1. The second-order valence-corrected chi connectivity index (χ2v) is 18.6. The van der Waals surface area contributed by atoms with Gasteiger partial charge in [-0.25, -0.2) is 13.4 Å². The van der Waals surface area contributed by atoms with Crippen molar-refractivity contribution in [1.82, 2.24) is 19.9 Å². The molecular weight excluding hydrogens is 870 g/mol. The number of nitrogens with zero attached hydrogens (tertiary/aromatic N) is 4. The van der Waals surface area contributed by atoms with Gasteiger partial charge in [0.25, 0.3) is 11.5 Å². The first kappa shape index (κ1) is 45.0. The van der Waals surface area contributed by atoms with Crippen LogP contribution in [-0.2, 0) is 21.8 Å². The summed E-state index contributed by atoms with van der Waals surface area (Å²) in [5.74, 6) is 2.80. The second-order valence-electron chi connectivity index (χ2n) is 16.1. The van der Waals surface area contributed by atoms with Gasteiger partial charge in [-0.2, -0.15) is 5.26 Å². The number of ether oxygens (including phenoxy) is 4. The maximum absolute atomic E-state index is 13.1. The molecule has 4 heterocycles. The number of aromatic nitrogens is 3. The molecule has 65 heavy (non-hydrogen) atoms. The number of aryl methyl sites for hydroxylation is 1. The molecule has 2 fully saturated rings. The predicted octanol–water partition coefficient (Wildman–Crippen LogP) is 8.19. The summed E-state index contributed by atoms with van der Waals surface area (Å²) >= 11 is 6.16. The van der Waals surface area contributed by atoms with E-state index in [1.54, 1.807) is 81.1 Å². The van der Waals surface area contributed by atoms with Crippen molar-refractivity contribution < 1.29 is 32.2 Å². The summed E-state index contributed by atoms with van der Waals surface area (Å²) in [4.78, 5) is 35.8. The number of nitrogens with one attached hydrogen (secondary N) is 3. The smallest absolute Gasteiger partial charge is 0.274 e. The van der Waals surface area contributed by atoms with Gasteiger partial charge in [-0.05, 0) is 106 Å². The zero-order valence-corrected chi connectivity index (χ0v) is 37.7. The van der Waals surface area contributed by atoms with E-state index in [0.717, 1.165) is 57.4 Å². The average Bonchev–Trinajstić information content (AvgIpc) is 3.81. The highest BCUT2D eigenvalue weighted by Gasteiger charge is 2.26. The Labute approximate surface area is 382 Å². The van der Waals surface area contributed by atoms with Gasteiger partial charge >= 0.3 is 0 Å². The zero-order valence-electron chi connectivity index (χ0n) is 36.1. The van der Waals surface area contributed by atoms with Gasteiger partial charge in [-0.3, -0.25) is 14.3 Å². The van der Waals surface area contributed by atoms with Gasteiger partial charge in [0.15, 0.2) is 0 Å². The number of H-pyrrole nitrogens is 1. The number of nitriles is 1. The highest BCUT2D eigenvalue weighted by Crippen LogP contribution is 2.39. The van der Waals surface area contributed by atoms with Crippen molar-refractivity contribution in [2.24, 2.45) is 7.05 Å². The van der Waals surface area contributed by atoms with Crippen LogP contribution in [0.1, 0.15) is 61.4 Å². The molecule has 1 aliphatic heterocycles. The Bertz CT molecular complexity index is 2860. The van der Waals surface area contributed by atoms with Crippen molar-refractivity contribution in [3.63, 3.8) is 0 Å². The van der Waals surface area contributed by atoms with Crippen LogP contribution in [0.2, 0.25) is 5.02 Å². The Morgan fingerprint density at radius 3 is 2.46 bits per heavy atom. The number of anilines is 2. The van der Waals surface area contributed by atoms with Crippen molar-refractivity contribution in [3.05, 3.63) is 124 Å². The minimum Gasteiger partial charge on any atom is -0.491 e. The summed E-state index contributed by atoms with van der Waals surface area (Å²) in [6.07, 6.45) is 9.97. The van der Waals surface area contributed by atoms with Crippen LogP contribution in [0.15, 0.2) is 102 Å². The van der Waals surface area contributed by atoms with E-state index in [1.165, 1.54) is 4.57 Å². The summed E-state index contributed by atoms with van der Waals surface area (Å²) in [6, 6.07) is 25.0. The van der Waals surface area contributed by atoms with Crippen molar-refractivity contribution in [1.29, 1.82) is 5.26 Å². The first-order valence-corrected chi connectivity index (χ1v) is 23.7. The molecule has 1 amide bonds. The molecule has 15 nitrogen and oxygen atoms in total. The van der Waals surface area contributed by atoms with Crippen LogP contribution >= 0.6 is 11.6 Å². The van der Waals surface area contributed by atoms with Crippen LogP contribution in [0, 0.1) is 11.3 Å². The minimum atomic E-state index is -3.55. The van der Waals surface area contributed by atoms with Crippen LogP contribution in [0.4, 0.5) is 11.5 Å². The summed E-state index contributed by atoms with van der Waals surface area (Å²) in [5, 5.41) is 13.3. The summed E-state index contributed by atoms with van der Waals surface area (Å²) in [7, 11) is -1.88. The number of carbonyl (C=O) groups excluding carboxylic acids is 1. The average molecular weight is 920 g/mol. The Morgan fingerprint density at radius 1 is 0.923 bits per heavy atom. The van der Waals surface area contributed by atoms with E-state index < -0.39 is 10.0 Å². The standard InChI is InChI=1S/C48H50ClN7O8S/c1-3-65(59,60)54-34-11-15-44(41(25-34)42-30-55(2)48(58)46-40(42)17-20-51-46)64-38-6-4-5-37(26-38)62-24-23-61-35-18-21-56(22-19-35)45-16-8-32(29-52-45)47(57)53-33-9-13-36(14-10-33)63-39-12-7-31(28-50)43(49)27-39/h4-8,11-12,15-17,20,25-27,29-30,33,35-36,51,54H,3,9-10,13-14,18-19,21-24H2,1-2H3,(H,53,57)/t33-,36-. The third kappa shape index (κ3) is 11.1. The maximum atomic E-state index is 13.1. The lowest BCUT2D eigenvalue weighted by Gasteiger charge is -2.32. The van der Waals surface area contributed by atoms with Gasteiger partial charge in [0.05, 0.1) is 40.7 Å². The Morgan fingerprint density at radius 2 is 1.72 bits per heavy atom. The quantitative estimate of drug-likeness (QED) is 0.0794. The van der Waals surface area contributed by atoms with Gasteiger partial charge in [0.1, 0.15) is 47.0 Å². The molecule has 1 aliphatic carbocycles. The topological polar surface area (TPSA) is 190 Å². The van der Waals surface area contributed by atoms with Crippen LogP contribution in [0.5, 0.6) is 23.0 Å². The van der Waals surface area contributed by atoms with Crippen molar-refractivity contribution in [2.45, 2.75) is 63.7 Å². The van der Waals surface area contributed by atoms with Crippen LogP contribution in [0.3, 0.4) is 0 Å². The largest absolute Gasteiger partial charge is 0.491 e. The molecule has 0 spiro atoms.